The van der Waals surface area contributed by atoms with Crippen LogP contribution in [-0.2, 0) is 4.74 Å². The van der Waals surface area contributed by atoms with Gasteiger partial charge in [-0.2, -0.15) is 0 Å². The summed E-state index contributed by atoms with van der Waals surface area (Å²) >= 11 is 0. The topological polar surface area (TPSA) is 67.2 Å². The van der Waals surface area contributed by atoms with Crippen LogP contribution in [0.3, 0.4) is 0 Å². The second-order valence-electron chi connectivity index (χ2n) is 10.7. The Labute approximate surface area is 217 Å². The summed E-state index contributed by atoms with van der Waals surface area (Å²) in [5.41, 5.74) is 3.83. The van der Waals surface area contributed by atoms with E-state index in [0.29, 0.717) is 30.8 Å². The van der Waals surface area contributed by atoms with Crippen molar-refractivity contribution in [2.75, 3.05) is 19.6 Å². The normalized spacial score (nSPS) is 13.9. The number of hydrogen-bond donors (Lipinski definition) is 0. The number of hydrogen-bond acceptors (Lipinski definition) is 4. The van der Waals surface area contributed by atoms with Gasteiger partial charge in [-0.1, -0.05) is 12.1 Å². The lowest BCUT2D eigenvalue weighted by atomic mass is 9.95. The van der Waals surface area contributed by atoms with Gasteiger partial charge in [0.05, 0.1) is 17.3 Å². The van der Waals surface area contributed by atoms with Crippen molar-refractivity contribution < 1.29 is 18.7 Å². The minimum absolute atomic E-state index is 0.0281. The monoisotopic (exact) mass is 506 g/mol. The lowest BCUT2D eigenvalue weighted by Crippen LogP contribution is -2.37. The van der Waals surface area contributed by atoms with Crippen molar-refractivity contribution in [1.82, 2.24) is 19.2 Å². The summed E-state index contributed by atoms with van der Waals surface area (Å²) in [5, 5.41) is 0. The average molecular weight is 507 g/mol. The van der Waals surface area contributed by atoms with Gasteiger partial charge in [0.25, 0.3) is 5.91 Å². The summed E-state index contributed by atoms with van der Waals surface area (Å²) in [6, 6.07) is 6.32. The number of nitrogens with zero attached hydrogens (tertiary/aromatic N) is 4. The maximum absolute atomic E-state index is 14.4. The van der Waals surface area contributed by atoms with Gasteiger partial charge in [-0.3, -0.25) is 4.79 Å². The number of benzene rings is 1. The number of imidazole rings is 1. The first-order valence-electron chi connectivity index (χ1n) is 12.7. The molecule has 4 rings (SSSR count). The molecular formula is C29H35FN4O3. The molecule has 2 aromatic heterocycles. The molecule has 196 valence electrons. The van der Waals surface area contributed by atoms with E-state index < -0.39 is 11.4 Å². The third kappa shape index (κ3) is 5.38. The Kier molecular flexibility index (Phi) is 7.13. The number of carbonyl (C=O) groups excluding carboxylic acids is 2. The summed E-state index contributed by atoms with van der Waals surface area (Å²) in [7, 11) is 0. The van der Waals surface area contributed by atoms with Crippen LogP contribution >= 0.6 is 0 Å². The number of ether oxygens (including phenoxy) is 1. The van der Waals surface area contributed by atoms with Gasteiger partial charge in [0.15, 0.2) is 0 Å². The molecule has 7 nitrogen and oxygen atoms in total. The summed E-state index contributed by atoms with van der Waals surface area (Å²) in [5.74, 6) is 0.103. The molecule has 0 bridgehead atoms. The number of fused-ring (bicyclic) bond motifs is 1. The Bertz CT molecular complexity index is 1380. The summed E-state index contributed by atoms with van der Waals surface area (Å²) < 4.78 is 21.9. The van der Waals surface area contributed by atoms with E-state index in [-0.39, 0.29) is 18.0 Å². The third-order valence-corrected chi connectivity index (χ3v) is 6.49. The molecule has 3 aromatic rings. The number of rotatable bonds is 5. The number of carbonyl (C=O) groups is 2. The lowest BCUT2D eigenvalue weighted by Gasteiger charge is -2.26. The molecule has 0 saturated heterocycles. The van der Waals surface area contributed by atoms with E-state index >= 15 is 0 Å². The molecule has 0 N–H and O–H groups in total. The first kappa shape index (κ1) is 26.4. The smallest absolute Gasteiger partial charge is 0.410 e. The fraction of sp³-hybridized carbons (Fsp3) is 0.414. The van der Waals surface area contributed by atoms with Crippen LogP contribution in [0.1, 0.15) is 63.3 Å². The van der Waals surface area contributed by atoms with Crippen LogP contribution in [0.5, 0.6) is 0 Å². The molecule has 0 spiro atoms. The van der Waals surface area contributed by atoms with E-state index in [4.69, 9.17) is 4.74 Å². The molecule has 1 aromatic carbocycles. The summed E-state index contributed by atoms with van der Waals surface area (Å²) in [6.45, 7) is 14.6. The molecule has 0 atom stereocenters. The fourth-order valence-electron chi connectivity index (χ4n) is 4.67. The Morgan fingerprint density at radius 2 is 1.92 bits per heavy atom. The number of halogens is 1. The van der Waals surface area contributed by atoms with Gasteiger partial charge in [-0.25, -0.2) is 14.2 Å². The van der Waals surface area contributed by atoms with Crippen molar-refractivity contribution in [3.8, 4) is 11.1 Å². The van der Waals surface area contributed by atoms with E-state index in [1.165, 1.54) is 12.1 Å². The summed E-state index contributed by atoms with van der Waals surface area (Å²) in [4.78, 5) is 34.0. The number of aromatic nitrogens is 2. The van der Waals surface area contributed by atoms with E-state index in [2.05, 4.69) is 4.98 Å². The van der Waals surface area contributed by atoms with Crippen LogP contribution in [0.15, 0.2) is 42.7 Å². The van der Waals surface area contributed by atoms with Crippen LogP contribution in [0.4, 0.5) is 9.18 Å². The predicted molar refractivity (Wildman–Crippen MR) is 143 cm³/mol. The Morgan fingerprint density at radius 3 is 2.57 bits per heavy atom. The standard InChI is InChI=1S/C29H35FN4O3/c1-8-33(18(2)3)27(35)25-14-22(30)9-10-23(25)24-13-21(17-34-19(4)31-15-26(24)34)20-11-12-32(16-20)28(36)37-29(5,6)7/h9-11,13-15,17-18H,8,12,16H2,1-7H3. The highest BCUT2D eigenvalue weighted by atomic mass is 19.1. The molecule has 0 radical (unpaired) electrons. The van der Waals surface area contributed by atoms with Crippen molar-refractivity contribution >= 4 is 23.1 Å². The van der Waals surface area contributed by atoms with Crippen LogP contribution in [0, 0.1) is 12.7 Å². The van der Waals surface area contributed by atoms with Gasteiger partial charge >= 0.3 is 6.09 Å². The highest BCUT2D eigenvalue weighted by Gasteiger charge is 2.27. The molecule has 8 heteroatoms. The van der Waals surface area contributed by atoms with Crippen LogP contribution in [-0.4, -0.2) is 62.5 Å². The molecule has 0 fully saturated rings. The van der Waals surface area contributed by atoms with Gasteiger partial charge in [0, 0.05) is 37.4 Å². The van der Waals surface area contributed by atoms with Crippen molar-refractivity contribution in [2.45, 2.75) is 60.1 Å². The van der Waals surface area contributed by atoms with Crippen molar-refractivity contribution in [1.29, 1.82) is 0 Å². The van der Waals surface area contributed by atoms with Gasteiger partial charge in [0.1, 0.15) is 17.2 Å². The lowest BCUT2D eigenvalue weighted by molar-refractivity contribution is 0.0306. The SMILES string of the molecule is CCN(C(=O)c1cc(F)ccc1-c1cc(C2=CCN(C(=O)OC(C)(C)C)C2)cn2c(C)ncc12)C(C)C. The minimum atomic E-state index is -0.576. The molecule has 1 aliphatic rings. The highest BCUT2D eigenvalue weighted by Crippen LogP contribution is 2.34. The zero-order valence-electron chi connectivity index (χ0n) is 22.6. The van der Waals surface area contributed by atoms with Crippen LogP contribution in [0.25, 0.3) is 22.2 Å². The first-order chi connectivity index (χ1) is 17.4. The van der Waals surface area contributed by atoms with Gasteiger partial charge < -0.3 is 18.9 Å². The quantitative estimate of drug-likeness (QED) is 0.429. The zero-order chi connectivity index (χ0) is 27.1. The highest BCUT2D eigenvalue weighted by molar-refractivity contribution is 6.03. The molecule has 1 aliphatic heterocycles. The van der Waals surface area contributed by atoms with Crippen molar-refractivity contribution in [3.63, 3.8) is 0 Å². The molecule has 0 aliphatic carbocycles. The maximum atomic E-state index is 14.4. The Balaban J connectivity index is 1.80. The molecule has 37 heavy (non-hydrogen) atoms. The van der Waals surface area contributed by atoms with Gasteiger partial charge in [-0.15, -0.1) is 0 Å². The molecular weight excluding hydrogens is 471 g/mol. The second kappa shape index (κ2) is 10.00. The third-order valence-electron chi connectivity index (χ3n) is 6.49. The van der Waals surface area contributed by atoms with E-state index in [1.807, 2.05) is 71.2 Å². The molecule has 3 heterocycles. The molecule has 0 saturated carbocycles. The van der Waals surface area contributed by atoms with Crippen molar-refractivity contribution in [3.05, 3.63) is 65.5 Å². The number of amides is 2. The Morgan fingerprint density at radius 1 is 1.19 bits per heavy atom. The molecule has 0 unspecified atom stereocenters. The zero-order valence-corrected chi connectivity index (χ0v) is 22.6. The number of aryl methyl sites for hydroxylation is 1. The van der Waals surface area contributed by atoms with Crippen LogP contribution in [0.2, 0.25) is 0 Å². The number of pyridine rings is 1. The minimum Gasteiger partial charge on any atom is -0.444 e. The van der Waals surface area contributed by atoms with Gasteiger partial charge in [-0.05, 0) is 83.4 Å². The average Bonchev–Trinajstić information content (AvgIpc) is 3.45. The van der Waals surface area contributed by atoms with Crippen molar-refractivity contribution in [2.24, 2.45) is 0 Å². The van der Waals surface area contributed by atoms with Gasteiger partial charge in [0.2, 0.25) is 0 Å². The fourth-order valence-corrected chi connectivity index (χ4v) is 4.67. The predicted octanol–water partition coefficient (Wildman–Crippen LogP) is 5.95. The largest absolute Gasteiger partial charge is 0.444 e. The van der Waals surface area contributed by atoms with E-state index in [9.17, 15) is 14.0 Å². The summed E-state index contributed by atoms with van der Waals surface area (Å²) in [6.07, 6.45) is 5.40. The molecule has 2 amide bonds. The van der Waals surface area contributed by atoms with E-state index in [1.54, 1.807) is 22.1 Å². The van der Waals surface area contributed by atoms with Crippen LogP contribution < -0.4 is 0 Å². The maximum Gasteiger partial charge on any atom is 0.410 e. The van der Waals surface area contributed by atoms with E-state index in [0.717, 1.165) is 28.0 Å². The first-order valence-corrected chi connectivity index (χ1v) is 12.7. The Hall–Kier alpha value is -3.68. The second-order valence-corrected chi connectivity index (χ2v) is 10.7.